The predicted octanol–water partition coefficient (Wildman–Crippen LogP) is 0.889. The Morgan fingerprint density at radius 3 is 2.31 bits per heavy atom. The minimum atomic E-state index is -1.42. The molecular weight excluding hydrogens is 376 g/mol. The first kappa shape index (κ1) is 22.2. The molecule has 0 amide bonds. The normalized spacial score (nSPS) is 44.7. The first-order chi connectivity index (χ1) is 13.3. The molecule has 3 aliphatic carbocycles. The number of hydrogen-bond donors (Lipinski definition) is 4. The van der Waals surface area contributed by atoms with Crippen molar-refractivity contribution in [2.24, 2.45) is 22.7 Å². The van der Waals surface area contributed by atoms with Crippen LogP contribution in [0.4, 0.5) is 0 Å². The summed E-state index contributed by atoms with van der Waals surface area (Å²) in [7, 11) is 0. The third kappa shape index (κ3) is 3.02. The zero-order valence-corrected chi connectivity index (χ0v) is 17.7. The quantitative estimate of drug-likeness (QED) is 0.375. The van der Waals surface area contributed by atoms with Gasteiger partial charge in [0.1, 0.15) is 6.10 Å². The maximum absolute atomic E-state index is 12.8. The van der Waals surface area contributed by atoms with E-state index in [2.05, 4.69) is 6.58 Å². The van der Waals surface area contributed by atoms with Gasteiger partial charge in [-0.3, -0.25) is 9.59 Å². The molecule has 3 rings (SSSR count). The van der Waals surface area contributed by atoms with Gasteiger partial charge in [0.15, 0.2) is 11.9 Å². The second-order valence-corrected chi connectivity index (χ2v) is 9.65. The Hall–Kier alpha value is -1.54. The first-order valence-electron chi connectivity index (χ1n) is 10.1. The number of fused-ring (bicyclic) bond motifs is 3. The van der Waals surface area contributed by atoms with E-state index in [-0.39, 0.29) is 18.6 Å². The Morgan fingerprint density at radius 1 is 1.17 bits per heavy atom. The molecule has 0 aliphatic heterocycles. The summed E-state index contributed by atoms with van der Waals surface area (Å²) in [6.45, 7) is 12.2. The van der Waals surface area contributed by atoms with Gasteiger partial charge in [0.05, 0.1) is 18.3 Å². The van der Waals surface area contributed by atoms with Gasteiger partial charge in [0.25, 0.3) is 0 Å². The molecule has 0 saturated heterocycles. The van der Waals surface area contributed by atoms with E-state index in [0.717, 1.165) is 0 Å². The van der Waals surface area contributed by atoms with E-state index >= 15 is 0 Å². The summed E-state index contributed by atoms with van der Waals surface area (Å²) in [5.41, 5.74) is -0.910. The average molecular weight is 408 g/mol. The van der Waals surface area contributed by atoms with Crippen molar-refractivity contribution in [3.63, 3.8) is 0 Å². The molecule has 0 spiro atoms. The van der Waals surface area contributed by atoms with Crippen molar-refractivity contribution >= 4 is 11.8 Å². The van der Waals surface area contributed by atoms with Crippen LogP contribution in [0.3, 0.4) is 0 Å². The number of esters is 1. The van der Waals surface area contributed by atoms with Gasteiger partial charge in [0.2, 0.25) is 0 Å². The van der Waals surface area contributed by atoms with Crippen LogP contribution in [-0.2, 0) is 14.3 Å². The number of allylic oxidation sites excluding steroid dienone is 1. The largest absolute Gasteiger partial charge is 0.455 e. The van der Waals surface area contributed by atoms with Gasteiger partial charge in [-0.05, 0) is 29.1 Å². The molecule has 0 aromatic rings. The zero-order chi connectivity index (χ0) is 22.0. The fourth-order valence-electron chi connectivity index (χ4n) is 5.99. The first-order valence-corrected chi connectivity index (χ1v) is 10.1. The molecule has 0 radical (unpaired) electrons. The summed E-state index contributed by atoms with van der Waals surface area (Å²) < 4.78 is 5.56. The maximum Gasteiger partial charge on any atom is 0.303 e. The molecule has 162 valence electrons. The van der Waals surface area contributed by atoms with Crippen molar-refractivity contribution in [3.8, 4) is 0 Å². The van der Waals surface area contributed by atoms with Crippen molar-refractivity contribution in [2.45, 2.75) is 78.0 Å². The van der Waals surface area contributed by atoms with E-state index in [1.54, 1.807) is 13.8 Å². The Morgan fingerprint density at radius 2 is 1.76 bits per heavy atom. The van der Waals surface area contributed by atoms with E-state index in [1.807, 2.05) is 13.8 Å². The van der Waals surface area contributed by atoms with Crippen LogP contribution in [0.15, 0.2) is 23.3 Å². The number of Topliss-reactive ketones (excluding diaryl/α,β-unsaturated/α-hetero) is 1. The lowest BCUT2D eigenvalue weighted by molar-refractivity contribution is -0.202. The third-order valence-corrected chi connectivity index (χ3v) is 7.77. The number of rotatable bonds is 1. The molecule has 2 bridgehead atoms. The third-order valence-electron chi connectivity index (χ3n) is 7.77. The fourth-order valence-corrected chi connectivity index (χ4v) is 5.99. The van der Waals surface area contributed by atoms with E-state index in [9.17, 15) is 30.0 Å². The van der Waals surface area contributed by atoms with E-state index in [0.29, 0.717) is 16.7 Å². The SMILES string of the molecule is C=C1C(O)CC(O)C2(C)C(O)C(OC(C)=O)C3=C(C)C(=O)CC(C(O)C12)C3(C)C. The van der Waals surface area contributed by atoms with Gasteiger partial charge < -0.3 is 25.2 Å². The van der Waals surface area contributed by atoms with Crippen LogP contribution in [0.1, 0.15) is 47.5 Å². The number of aliphatic hydroxyl groups is 4. The number of ether oxygens (including phenoxy) is 1. The minimum Gasteiger partial charge on any atom is -0.455 e. The van der Waals surface area contributed by atoms with Crippen molar-refractivity contribution in [1.29, 1.82) is 0 Å². The average Bonchev–Trinajstić information content (AvgIpc) is 2.60. The molecule has 2 saturated carbocycles. The summed E-state index contributed by atoms with van der Waals surface area (Å²) in [5, 5.41) is 44.3. The standard InChI is InChI=1S/C22H32O7/c1-9-14(25)8-15(26)22(6)16(9)18(27)12-7-13(24)10(2)17(21(12,4)5)19(20(22)28)29-11(3)23/h12,14-16,18-20,25-28H,1,7-8H2,2-6H3. The molecule has 4 N–H and O–H groups in total. The van der Waals surface area contributed by atoms with Crippen LogP contribution in [0.5, 0.6) is 0 Å². The van der Waals surface area contributed by atoms with Crippen molar-refractivity contribution in [1.82, 2.24) is 0 Å². The summed E-state index contributed by atoms with van der Waals surface area (Å²) in [4.78, 5) is 24.7. The molecule has 3 aliphatic rings. The van der Waals surface area contributed by atoms with Crippen LogP contribution in [0.2, 0.25) is 0 Å². The van der Waals surface area contributed by atoms with Crippen LogP contribution in [0.25, 0.3) is 0 Å². The summed E-state index contributed by atoms with van der Waals surface area (Å²) in [5.74, 6) is -2.24. The number of carbonyl (C=O) groups is 2. The smallest absolute Gasteiger partial charge is 0.303 e. The number of aliphatic hydroxyl groups excluding tert-OH is 4. The number of ketones is 1. The van der Waals surface area contributed by atoms with Crippen molar-refractivity contribution in [3.05, 3.63) is 23.3 Å². The Labute approximate surface area is 171 Å². The van der Waals surface area contributed by atoms with Gasteiger partial charge in [-0.25, -0.2) is 0 Å². The highest BCUT2D eigenvalue weighted by atomic mass is 16.6. The highest BCUT2D eigenvalue weighted by Crippen LogP contribution is 2.58. The molecule has 8 unspecified atom stereocenters. The lowest BCUT2D eigenvalue weighted by atomic mass is 9.49. The van der Waals surface area contributed by atoms with E-state index in [4.69, 9.17) is 4.74 Å². The molecule has 8 atom stereocenters. The zero-order valence-electron chi connectivity index (χ0n) is 17.7. The van der Waals surface area contributed by atoms with E-state index < -0.39 is 59.2 Å². The highest BCUT2D eigenvalue weighted by Gasteiger charge is 2.63. The molecule has 29 heavy (non-hydrogen) atoms. The highest BCUT2D eigenvalue weighted by molar-refractivity contribution is 5.97. The van der Waals surface area contributed by atoms with Gasteiger partial charge >= 0.3 is 5.97 Å². The summed E-state index contributed by atoms with van der Waals surface area (Å²) >= 11 is 0. The van der Waals surface area contributed by atoms with E-state index in [1.165, 1.54) is 6.92 Å². The molecule has 0 aromatic heterocycles. The second kappa shape index (κ2) is 7.01. The van der Waals surface area contributed by atoms with Crippen LogP contribution < -0.4 is 0 Å². The lowest BCUT2D eigenvalue weighted by Gasteiger charge is -2.59. The van der Waals surface area contributed by atoms with Gasteiger partial charge in [0, 0.05) is 37.0 Å². The lowest BCUT2D eigenvalue weighted by Crippen LogP contribution is -2.66. The van der Waals surface area contributed by atoms with Gasteiger partial charge in [-0.2, -0.15) is 0 Å². The van der Waals surface area contributed by atoms with Gasteiger partial charge in [-0.1, -0.05) is 27.4 Å². The number of hydrogen-bond acceptors (Lipinski definition) is 7. The van der Waals surface area contributed by atoms with Crippen molar-refractivity contribution in [2.75, 3.05) is 0 Å². The second-order valence-electron chi connectivity index (χ2n) is 9.65. The Kier molecular flexibility index (Phi) is 5.36. The molecule has 7 heteroatoms. The van der Waals surface area contributed by atoms with Crippen molar-refractivity contribution < 1.29 is 34.8 Å². The van der Waals surface area contributed by atoms with Crippen LogP contribution in [-0.4, -0.2) is 62.7 Å². The summed E-state index contributed by atoms with van der Waals surface area (Å²) in [6, 6.07) is 0. The fraction of sp³-hybridized carbons (Fsp3) is 0.727. The predicted molar refractivity (Wildman–Crippen MR) is 105 cm³/mol. The molecular formula is C22H32O7. The maximum atomic E-state index is 12.8. The van der Waals surface area contributed by atoms with Crippen LogP contribution >= 0.6 is 0 Å². The monoisotopic (exact) mass is 408 g/mol. The van der Waals surface area contributed by atoms with Crippen LogP contribution in [0, 0.1) is 22.7 Å². The Bertz CT molecular complexity index is 782. The summed E-state index contributed by atoms with van der Waals surface area (Å²) in [6.07, 6.45) is -5.89. The molecule has 2 fully saturated rings. The molecule has 0 heterocycles. The minimum absolute atomic E-state index is 0.0482. The van der Waals surface area contributed by atoms with Gasteiger partial charge in [-0.15, -0.1) is 0 Å². The number of carbonyl (C=O) groups excluding carboxylic acids is 2. The molecule has 0 aromatic carbocycles. The molecule has 7 nitrogen and oxygen atoms in total. The Balaban J connectivity index is 2.32. The topological polar surface area (TPSA) is 124 Å².